The van der Waals surface area contributed by atoms with Gasteiger partial charge in [0.25, 0.3) is 0 Å². The fourth-order valence-electron chi connectivity index (χ4n) is 2.71. The number of nitriles is 1. The number of rotatable bonds is 7. The Bertz CT molecular complexity index is 1090. The minimum atomic E-state index is -1.46. The second-order valence-electron chi connectivity index (χ2n) is 6.34. The highest BCUT2D eigenvalue weighted by molar-refractivity contribution is 6.00. The molecule has 2 aromatic rings. The number of alkyl halides is 1. The summed E-state index contributed by atoms with van der Waals surface area (Å²) in [6.07, 6.45) is 4.94. The summed E-state index contributed by atoms with van der Waals surface area (Å²) in [5.74, 6) is -2.56. The summed E-state index contributed by atoms with van der Waals surface area (Å²) >= 11 is 0. The molecule has 0 amide bonds. The summed E-state index contributed by atoms with van der Waals surface area (Å²) in [6, 6.07) is 8.94. The molecule has 0 aliphatic carbocycles. The SMILES string of the molecule is C#CC(=O)[C@@H](C/C(F)=C\C(C#N)=C/C(C)F)c1cccc(-c2ccc(F)cc2F)n1. The lowest BCUT2D eigenvalue weighted by Gasteiger charge is -2.13. The fourth-order valence-corrected chi connectivity index (χ4v) is 2.71. The first-order valence-corrected chi connectivity index (χ1v) is 8.80. The third kappa shape index (κ3) is 5.89. The zero-order chi connectivity index (χ0) is 22.3. The lowest BCUT2D eigenvalue weighted by atomic mass is 9.94. The van der Waals surface area contributed by atoms with E-state index in [1.165, 1.54) is 31.2 Å². The van der Waals surface area contributed by atoms with E-state index < -0.39 is 41.8 Å². The van der Waals surface area contributed by atoms with Gasteiger partial charge in [0.1, 0.15) is 23.6 Å². The molecule has 0 spiro atoms. The minimum absolute atomic E-state index is 0.00666. The number of carbonyl (C=O) groups excluding carboxylic acids is 1. The van der Waals surface area contributed by atoms with Gasteiger partial charge in [0.2, 0.25) is 5.78 Å². The van der Waals surface area contributed by atoms with Crippen molar-refractivity contribution in [2.45, 2.75) is 25.4 Å². The monoisotopic (exact) mass is 412 g/mol. The molecule has 2 rings (SSSR count). The molecule has 0 bridgehead atoms. The number of pyridine rings is 1. The minimum Gasteiger partial charge on any atom is -0.284 e. The molecule has 152 valence electrons. The van der Waals surface area contributed by atoms with Crippen LogP contribution in [0, 0.1) is 35.3 Å². The number of benzene rings is 1. The third-order valence-corrected chi connectivity index (χ3v) is 4.04. The van der Waals surface area contributed by atoms with Gasteiger partial charge in [-0.2, -0.15) is 5.26 Å². The number of halogens is 4. The van der Waals surface area contributed by atoms with Gasteiger partial charge in [-0.05, 0) is 49.3 Å². The molecule has 30 heavy (non-hydrogen) atoms. The maximum atomic E-state index is 14.5. The van der Waals surface area contributed by atoms with Gasteiger partial charge in [-0.15, -0.1) is 6.42 Å². The van der Waals surface area contributed by atoms with Gasteiger partial charge in [-0.3, -0.25) is 9.78 Å². The van der Waals surface area contributed by atoms with Gasteiger partial charge in [0, 0.05) is 18.1 Å². The van der Waals surface area contributed by atoms with Crippen LogP contribution in [0.4, 0.5) is 17.6 Å². The summed E-state index contributed by atoms with van der Waals surface area (Å²) < 4.78 is 54.7. The van der Waals surface area contributed by atoms with Crippen LogP contribution >= 0.6 is 0 Å². The average Bonchev–Trinajstić information content (AvgIpc) is 2.70. The maximum Gasteiger partial charge on any atom is 0.214 e. The quantitative estimate of drug-likeness (QED) is 0.202. The van der Waals surface area contributed by atoms with E-state index in [4.69, 9.17) is 11.7 Å². The van der Waals surface area contributed by atoms with Gasteiger partial charge in [-0.25, -0.2) is 17.6 Å². The van der Waals surface area contributed by atoms with Crippen LogP contribution in [0.1, 0.15) is 25.0 Å². The first kappa shape index (κ1) is 22.6. The molecule has 1 heterocycles. The number of Topliss-reactive ketones (excluding diaryl/α,β-unsaturated/α-hetero) is 1. The Morgan fingerprint density at radius 1 is 1.30 bits per heavy atom. The predicted molar refractivity (Wildman–Crippen MR) is 104 cm³/mol. The number of aromatic nitrogens is 1. The van der Waals surface area contributed by atoms with Crippen molar-refractivity contribution in [2.75, 3.05) is 0 Å². The lowest BCUT2D eigenvalue weighted by Crippen LogP contribution is -2.13. The number of ketones is 1. The van der Waals surface area contributed by atoms with Crippen molar-refractivity contribution >= 4 is 5.78 Å². The molecule has 1 aromatic heterocycles. The van der Waals surface area contributed by atoms with Crippen molar-refractivity contribution in [3.63, 3.8) is 0 Å². The third-order valence-electron chi connectivity index (χ3n) is 4.04. The molecular weight excluding hydrogens is 396 g/mol. The van der Waals surface area contributed by atoms with Crippen LogP contribution in [-0.2, 0) is 4.79 Å². The standard InChI is InChI=1S/C23H16F4N2O/c1-3-23(30)19(11-17(26)10-15(13-28)9-14(2)24)22-6-4-5-21(29-22)18-8-7-16(25)12-20(18)27/h1,4-10,12,14,19H,11H2,2H3/b15-9+,17-10+/t14?,19-/m0/s1. The van der Waals surface area contributed by atoms with Crippen molar-refractivity contribution in [1.82, 2.24) is 4.98 Å². The maximum absolute atomic E-state index is 14.5. The second-order valence-corrected chi connectivity index (χ2v) is 6.34. The van der Waals surface area contributed by atoms with E-state index in [9.17, 15) is 22.4 Å². The van der Waals surface area contributed by atoms with Gasteiger partial charge in [0.15, 0.2) is 0 Å². The van der Waals surface area contributed by atoms with Crippen molar-refractivity contribution in [3.8, 4) is 29.7 Å². The predicted octanol–water partition coefficient (Wildman–Crippen LogP) is 5.36. The first-order valence-electron chi connectivity index (χ1n) is 8.80. The van der Waals surface area contributed by atoms with Crippen molar-refractivity contribution < 1.29 is 22.4 Å². The van der Waals surface area contributed by atoms with Crippen LogP contribution in [0.15, 0.2) is 60.0 Å². The van der Waals surface area contributed by atoms with Crippen LogP contribution < -0.4 is 0 Å². The summed E-state index contributed by atoms with van der Waals surface area (Å²) in [7, 11) is 0. The van der Waals surface area contributed by atoms with Crippen molar-refractivity contribution in [3.05, 3.63) is 77.3 Å². The second kappa shape index (κ2) is 10.2. The fraction of sp³-hybridized carbons (Fsp3) is 0.174. The molecule has 1 unspecified atom stereocenters. The highest BCUT2D eigenvalue weighted by Gasteiger charge is 2.23. The van der Waals surface area contributed by atoms with Crippen LogP contribution in [0.3, 0.4) is 0 Å². The van der Waals surface area contributed by atoms with Gasteiger partial charge in [-0.1, -0.05) is 6.07 Å². The van der Waals surface area contributed by atoms with Crippen LogP contribution in [-0.4, -0.2) is 16.9 Å². The Balaban J connectivity index is 2.42. The molecule has 1 aromatic carbocycles. The van der Waals surface area contributed by atoms with E-state index >= 15 is 0 Å². The van der Waals surface area contributed by atoms with E-state index in [-0.39, 0.29) is 22.5 Å². The van der Waals surface area contributed by atoms with Crippen LogP contribution in [0.25, 0.3) is 11.3 Å². The van der Waals surface area contributed by atoms with E-state index in [1.807, 2.05) is 5.92 Å². The largest absolute Gasteiger partial charge is 0.284 e. The molecule has 0 radical (unpaired) electrons. The van der Waals surface area contributed by atoms with Crippen molar-refractivity contribution in [1.29, 1.82) is 5.26 Å². The Hall–Kier alpha value is -3.71. The van der Waals surface area contributed by atoms with Gasteiger partial charge in [0.05, 0.1) is 28.9 Å². The topological polar surface area (TPSA) is 53.8 Å². The van der Waals surface area contributed by atoms with Crippen molar-refractivity contribution in [2.24, 2.45) is 0 Å². The number of hydrogen-bond acceptors (Lipinski definition) is 3. The molecule has 2 atom stereocenters. The summed E-state index contributed by atoms with van der Waals surface area (Å²) in [4.78, 5) is 16.4. The number of allylic oxidation sites excluding steroid dienone is 4. The number of terminal acetylenes is 1. The zero-order valence-electron chi connectivity index (χ0n) is 15.9. The lowest BCUT2D eigenvalue weighted by molar-refractivity contribution is -0.115. The van der Waals surface area contributed by atoms with E-state index in [1.54, 1.807) is 6.07 Å². The number of carbonyl (C=O) groups is 1. The summed E-state index contributed by atoms with van der Waals surface area (Å²) in [6.45, 7) is 1.18. The van der Waals surface area contributed by atoms with E-state index in [0.717, 1.165) is 18.2 Å². The van der Waals surface area contributed by atoms with Crippen LogP contribution in [0.2, 0.25) is 0 Å². The summed E-state index contributed by atoms with van der Waals surface area (Å²) in [5, 5.41) is 8.97. The normalized spacial score (nSPS) is 13.8. The Morgan fingerprint density at radius 3 is 2.63 bits per heavy atom. The Labute approximate surface area is 171 Å². The molecule has 0 fully saturated rings. The zero-order valence-corrected chi connectivity index (χ0v) is 15.9. The smallest absolute Gasteiger partial charge is 0.214 e. The van der Waals surface area contributed by atoms with E-state index in [0.29, 0.717) is 6.07 Å². The van der Waals surface area contributed by atoms with Gasteiger partial charge < -0.3 is 0 Å². The molecule has 0 N–H and O–H groups in total. The molecule has 7 heteroatoms. The molecule has 0 aliphatic rings. The highest BCUT2D eigenvalue weighted by atomic mass is 19.1. The highest BCUT2D eigenvalue weighted by Crippen LogP contribution is 2.28. The molecule has 0 saturated heterocycles. The molecular formula is C23H16F4N2O. The molecule has 0 aliphatic heterocycles. The molecule has 3 nitrogen and oxygen atoms in total. The van der Waals surface area contributed by atoms with Gasteiger partial charge >= 0.3 is 0 Å². The Morgan fingerprint density at radius 2 is 2.03 bits per heavy atom. The Kier molecular flexibility index (Phi) is 7.66. The first-order chi connectivity index (χ1) is 14.2. The average molecular weight is 412 g/mol. The summed E-state index contributed by atoms with van der Waals surface area (Å²) in [5.41, 5.74) is -0.0746. The number of hydrogen-bond donors (Lipinski definition) is 0. The molecule has 0 saturated carbocycles. The van der Waals surface area contributed by atoms with E-state index in [2.05, 4.69) is 4.98 Å². The number of nitrogens with zero attached hydrogens (tertiary/aromatic N) is 2. The van der Waals surface area contributed by atoms with Crippen LogP contribution in [0.5, 0.6) is 0 Å².